The van der Waals surface area contributed by atoms with Crippen molar-refractivity contribution in [3.63, 3.8) is 0 Å². The molecule has 0 aliphatic carbocycles. The van der Waals surface area contributed by atoms with E-state index in [9.17, 15) is 8.42 Å². The third-order valence-corrected chi connectivity index (χ3v) is 4.70. The topological polar surface area (TPSA) is 67.4 Å². The molecule has 0 radical (unpaired) electrons. The summed E-state index contributed by atoms with van der Waals surface area (Å²) >= 11 is 5.98. The van der Waals surface area contributed by atoms with Crippen molar-refractivity contribution < 1.29 is 13.2 Å². The van der Waals surface area contributed by atoms with Crippen LogP contribution in [0.3, 0.4) is 0 Å². The predicted octanol–water partition coefficient (Wildman–Crippen LogP) is 3.97. The van der Waals surface area contributed by atoms with Crippen molar-refractivity contribution in [3.8, 4) is 5.75 Å². The first-order valence-electron chi connectivity index (χ1n) is 7.05. The van der Waals surface area contributed by atoms with Crippen LogP contribution >= 0.6 is 11.6 Å². The molecular formula is C16H19ClN2O3S. The van der Waals surface area contributed by atoms with Crippen LogP contribution in [0.2, 0.25) is 5.02 Å². The molecular weight excluding hydrogens is 336 g/mol. The summed E-state index contributed by atoms with van der Waals surface area (Å²) in [7, 11) is -2.23. The van der Waals surface area contributed by atoms with E-state index >= 15 is 0 Å². The first kappa shape index (κ1) is 17.4. The van der Waals surface area contributed by atoms with Gasteiger partial charge in [-0.15, -0.1) is 0 Å². The minimum Gasteiger partial charge on any atom is -0.495 e. The molecule has 0 saturated carbocycles. The maximum absolute atomic E-state index is 12.4. The molecule has 0 aliphatic rings. The van der Waals surface area contributed by atoms with Gasteiger partial charge in [0, 0.05) is 17.4 Å². The third-order valence-electron chi connectivity index (χ3n) is 3.03. The molecule has 0 unspecified atom stereocenters. The van der Waals surface area contributed by atoms with Crippen LogP contribution in [0.25, 0.3) is 0 Å². The number of halogens is 1. The number of hydrogen-bond donors (Lipinski definition) is 2. The van der Waals surface area contributed by atoms with E-state index in [-0.39, 0.29) is 9.92 Å². The average molecular weight is 355 g/mol. The Labute approximate surface area is 141 Å². The summed E-state index contributed by atoms with van der Waals surface area (Å²) in [4.78, 5) is 0.0766. The summed E-state index contributed by atoms with van der Waals surface area (Å²) in [6.07, 6.45) is 0. The predicted molar refractivity (Wildman–Crippen MR) is 94.0 cm³/mol. The molecule has 5 nitrogen and oxygen atoms in total. The lowest BCUT2D eigenvalue weighted by atomic mass is 10.2. The smallest absolute Gasteiger partial charge is 0.261 e. The first-order valence-corrected chi connectivity index (χ1v) is 8.91. The molecule has 2 rings (SSSR count). The number of benzene rings is 2. The Morgan fingerprint density at radius 2 is 1.65 bits per heavy atom. The molecule has 2 aromatic rings. The van der Waals surface area contributed by atoms with Crippen molar-refractivity contribution in [3.05, 3.63) is 47.5 Å². The lowest BCUT2D eigenvalue weighted by Crippen LogP contribution is -2.13. The molecule has 23 heavy (non-hydrogen) atoms. The molecule has 0 bridgehead atoms. The summed E-state index contributed by atoms with van der Waals surface area (Å²) in [6.45, 7) is 4.06. The van der Waals surface area contributed by atoms with Crippen LogP contribution in [0, 0.1) is 0 Å². The largest absolute Gasteiger partial charge is 0.495 e. The maximum Gasteiger partial charge on any atom is 0.261 e. The van der Waals surface area contributed by atoms with E-state index in [1.165, 1.54) is 25.3 Å². The van der Waals surface area contributed by atoms with Gasteiger partial charge < -0.3 is 10.1 Å². The number of nitrogens with one attached hydrogen (secondary N) is 2. The fourth-order valence-electron chi connectivity index (χ4n) is 2.00. The Morgan fingerprint density at radius 1 is 1.04 bits per heavy atom. The van der Waals surface area contributed by atoms with Crippen LogP contribution < -0.4 is 14.8 Å². The van der Waals surface area contributed by atoms with Gasteiger partial charge in [-0.05, 0) is 56.3 Å². The van der Waals surface area contributed by atoms with E-state index in [0.29, 0.717) is 17.5 Å². The van der Waals surface area contributed by atoms with E-state index in [1.54, 1.807) is 12.1 Å². The number of ether oxygens (including phenoxy) is 1. The van der Waals surface area contributed by atoms with Crippen molar-refractivity contribution in [2.75, 3.05) is 17.1 Å². The summed E-state index contributed by atoms with van der Waals surface area (Å²) in [5.41, 5.74) is 1.40. The first-order chi connectivity index (χ1) is 10.8. The molecule has 0 spiro atoms. The lowest BCUT2D eigenvalue weighted by Gasteiger charge is -2.12. The van der Waals surface area contributed by atoms with Crippen LogP contribution in [-0.2, 0) is 10.0 Å². The molecule has 0 heterocycles. The SMILES string of the molecule is COc1ccc(S(=O)(=O)Nc2ccc(NC(C)C)cc2)cc1Cl. The Kier molecular flexibility index (Phi) is 5.38. The number of anilines is 2. The van der Waals surface area contributed by atoms with Gasteiger partial charge in [-0.3, -0.25) is 4.72 Å². The fourth-order valence-corrected chi connectivity index (χ4v) is 3.40. The molecule has 0 aliphatic heterocycles. The van der Waals surface area contributed by atoms with Gasteiger partial charge >= 0.3 is 0 Å². The molecule has 7 heteroatoms. The third kappa shape index (κ3) is 4.53. The van der Waals surface area contributed by atoms with Gasteiger partial charge in [0.1, 0.15) is 5.75 Å². The van der Waals surface area contributed by atoms with E-state index < -0.39 is 10.0 Å². The summed E-state index contributed by atoms with van der Waals surface area (Å²) in [5.74, 6) is 0.426. The van der Waals surface area contributed by atoms with Gasteiger partial charge in [-0.25, -0.2) is 8.42 Å². The fraction of sp³-hybridized carbons (Fsp3) is 0.250. The van der Waals surface area contributed by atoms with Gasteiger partial charge in [0.25, 0.3) is 10.0 Å². The number of rotatable bonds is 6. The quantitative estimate of drug-likeness (QED) is 0.823. The highest BCUT2D eigenvalue weighted by Gasteiger charge is 2.16. The second-order valence-electron chi connectivity index (χ2n) is 5.28. The van der Waals surface area contributed by atoms with Crippen molar-refractivity contribution in [2.45, 2.75) is 24.8 Å². The van der Waals surface area contributed by atoms with Gasteiger partial charge in [-0.1, -0.05) is 11.6 Å². The standard InChI is InChI=1S/C16H19ClN2O3S/c1-11(2)18-12-4-6-13(7-5-12)19-23(20,21)14-8-9-16(22-3)15(17)10-14/h4-11,18-19H,1-3H3. The molecule has 0 atom stereocenters. The van der Waals surface area contributed by atoms with Crippen LogP contribution in [0.15, 0.2) is 47.4 Å². The molecule has 0 fully saturated rings. The van der Waals surface area contributed by atoms with Crippen LogP contribution in [0.5, 0.6) is 5.75 Å². The minimum absolute atomic E-state index is 0.0766. The molecule has 0 saturated heterocycles. The maximum atomic E-state index is 12.4. The van der Waals surface area contributed by atoms with Gasteiger partial charge in [-0.2, -0.15) is 0 Å². The average Bonchev–Trinajstić information content (AvgIpc) is 2.48. The zero-order valence-corrected chi connectivity index (χ0v) is 14.7. The Hall–Kier alpha value is -1.92. The molecule has 2 aromatic carbocycles. The Morgan fingerprint density at radius 3 is 2.17 bits per heavy atom. The zero-order chi connectivity index (χ0) is 17.0. The van der Waals surface area contributed by atoms with Crippen LogP contribution in [0.1, 0.15) is 13.8 Å². The normalized spacial score (nSPS) is 11.3. The van der Waals surface area contributed by atoms with Crippen molar-refractivity contribution >= 4 is 33.0 Å². The van der Waals surface area contributed by atoms with Crippen molar-refractivity contribution in [1.82, 2.24) is 0 Å². The van der Waals surface area contributed by atoms with Gasteiger partial charge in [0.05, 0.1) is 17.0 Å². The zero-order valence-electron chi connectivity index (χ0n) is 13.1. The van der Waals surface area contributed by atoms with Gasteiger partial charge in [0.2, 0.25) is 0 Å². The Bertz CT molecular complexity index is 774. The van der Waals surface area contributed by atoms with Crippen LogP contribution in [0.4, 0.5) is 11.4 Å². The highest BCUT2D eigenvalue weighted by atomic mass is 35.5. The minimum atomic E-state index is -3.71. The van der Waals surface area contributed by atoms with E-state index in [0.717, 1.165) is 5.69 Å². The number of sulfonamides is 1. The van der Waals surface area contributed by atoms with Gasteiger partial charge in [0.15, 0.2) is 0 Å². The van der Waals surface area contributed by atoms with Crippen molar-refractivity contribution in [2.24, 2.45) is 0 Å². The summed E-state index contributed by atoms with van der Waals surface area (Å²) < 4.78 is 32.3. The molecule has 0 amide bonds. The molecule has 124 valence electrons. The monoisotopic (exact) mass is 354 g/mol. The van der Waals surface area contributed by atoms with Crippen molar-refractivity contribution in [1.29, 1.82) is 0 Å². The number of hydrogen-bond acceptors (Lipinski definition) is 4. The Balaban J connectivity index is 2.19. The molecule has 0 aromatic heterocycles. The molecule has 2 N–H and O–H groups in total. The van der Waals surface area contributed by atoms with E-state index in [1.807, 2.05) is 26.0 Å². The number of methoxy groups -OCH3 is 1. The highest BCUT2D eigenvalue weighted by molar-refractivity contribution is 7.92. The van der Waals surface area contributed by atoms with E-state index in [4.69, 9.17) is 16.3 Å². The lowest BCUT2D eigenvalue weighted by molar-refractivity contribution is 0.414. The second kappa shape index (κ2) is 7.10. The van der Waals surface area contributed by atoms with E-state index in [2.05, 4.69) is 10.0 Å². The summed E-state index contributed by atoms with van der Waals surface area (Å²) in [6, 6.07) is 11.7. The second-order valence-corrected chi connectivity index (χ2v) is 7.37. The highest BCUT2D eigenvalue weighted by Crippen LogP contribution is 2.28. The van der Waals surface area contributed by atoms with Crippen LogP contribution in [-0.4, -0.2) is 21.6 Å². The summed E-state index contributed by atoms with van der Waals surface area (Å²) in [5, 5.41) is 3.48.